The molecule has 5 rings (SSSR count). The summed E-state index contributed by atoms with van der Waals surface area (Å²) in [6.07, 6.45) is 2.93. The third kappa shape index (κ3) is 5.63. The zero-order valence-corrected chi connectivity index (χ0v) is 23.2. The number of fused-ring (bicyclic) bond motifs is 1. The van der Waals surface area contributed by atoms with Gasteiger partial charge in [0.15, 0.2) is 0 Å². The fourth-order valence-corrected chi connectivity index (χ4v) is 5.67. The minimum Gasteiger partial charge on any atom is -0.368 e. The van der Waals surface area contributed by atoms with Crippen LogP contribution in [0.3, 0.4) is 0 Å². The molecule has 2 aliphatic rings. The van der Waals surface area contributed by atoms with E-state index in [-0.39, 0.29) is 35.2 Å². The first kappa shape index (κ1) is 26.8. The Bertz CT molecular complexity index is 1430. The lowest BCUT2D eigenvalue weighted by atomic mass is 9.83. The van der Waals surface area contributed by atoms with Gasteiger partial charge in [0.25, 0.3) is 5.56 Å². The van der Waals surface area contributed by atoms with Crippen molar-refractivity contribution >= 4 is 63.2 Å². The van der Waals surface area contributed by atoms with Crippen molar-refractivity contribution in [2.24, 2.45) is 5.92 Å². The van der Waals surface area contributed by atoms with E-state index in [1.165, 1.54) is 15.8 Å². The van der Waals surface area contributed by atoms with Gasteiger partial charge in [0.1, 0.15) is 6.54 Å². The third-order valence-electron chi connectivity index (χ3n) is 7.33. The molecule has 8 nitrogen and oxygen atoms in total. The Morgan fingerprint density at radius 2 is 1.76 bits per heavy atom. The highest BCUT2D eigenvalue weighted by atomic mass is 35.5. The van der Waals surface area contributed by atoms with Crippen LogP contribution in [0.4, 0.5) is 5.69 Å². The van der Waals surface area contributed by atoms with E-state index in [1.807, 2.05) is 29.2 Å². The normalized spacial score (nSPS) is 19.4. The molecule has 1 aliphatic carbocycles. The minimum absolute atomic E-state index is 0.0556. The van der Waals surface area contributed by atoms with Crippen LogP contribution in [0.25, 0.3) is 10.9 Å². The zero-order valence-electron chi connectivity index (χ0n) is 20.9. The second-order valence-corrected chi connectivity index (χ2v) is 11.4. The smallest absolute Gasteiger partial charge is 0.261 e. The fraction of sp³-hybridized carbons (Fsp3) is 0.407. The van der Waals surface area contributed by atoms with Gasteiger partial charge in [0.05, 0.1) is 27.3 Å². The van der Waals surface area contributed by atoms with Gasteiger partial charge >= 0.3 is 0 Å². The number of carbonyl (C=O) groups is 2. The third-order valence-corrected chi connectivity index (χ3v) is 8.42. The summed E-state index contributed by atoms with van der Waals surface area (Å²) in [5.41, 5.74) is 2.03. The maximum Gasteiger partial charge on any atom is 0.261 e. The summed E-state index contributed by atoms with van der Waals surface area (Å²) in [4.78, 5) is 48.8. The summed E-state index contributed by atoms with van der Waals surface area (Å²) < 4.78 is 1.33. The van der Waals surface area contributed by atoms with Crippen LogP contribution >= 0.6 is 34.8 Å². The molecule has 0 spiro atoms. The van der Waals surface area contributed by atoms with Gasteiger partial charge in [0.2, 0.25) is 11.8 Å². The molecular formula is C27H28Cl3N5O3. The van der Waals surface area contributed by atoms with Crippen molar-refractivity contribution < 1.29 is 9.59 Å². The van der Waals surface area contributed by atoms with Crippen LogP contribution in [0.2, 0.25) is 10.0 Å². The Balaban J connectivity index is 1.25. The molecule has 38 heavy (non-hydrogen) atoms. The second kappa shape index (κ2) is 11.1. The summed E-state index contributed by atoms with van der Waals surface area (Å²) >= 11 is 18.1. The van der Waals surface area contributed by atoms with Gasteiger partial charge in [-0.15, -0.1) is 11.6 Å². The summed E-state index contributed by atoms with van der Waals surface area (Å²) in [7, 11) is 1.67. The molecule has 1 aromatic heterocycles. The fourth-order valence-electron chi connectivity index (χ4n) is 4.92. The van der Waals surface area contributed by atoms with Crippen molar-refractivity contribution in [1.29, 1.82) is 0 Å². The molecule has 1 saturated carbocycles. The molecule has 11 heteroatoms. The Hall–Kier alpha value is -2.81. The summed E-state index contributed by atoms with van der Waals surface area (Å²) in [6.45, 7) is 2.84. The molecule has 1 saturated heterocycles. The molecule has 0 bridgehead atoms. The highest BCUT2D eigenvalue weighted by molar-refractivity contribution is 6.42. The lowest BCUT2D eigenvalue weighted by Crippen LogP contribution is -2.52. The number of hydrogen-bond acceptors (Lipinski definition) is 5. The van der Waals surface area contributed by atoms with Crippen molar-refractivity contribution in [3.8, 4) is 0 Å². The molecular weight excluding hydrogens is 549 g/mol. The number of anilines is 1. The number of benzene rings is 2. The van der Waals surface area contributed by atoms with Gasteiger partial charge in [-0.1, -0.05) is 29.3 Å². The second-order valence-electron chi connectivity index (χ2n) is 9.96. The Morgan fingerprint density at radius 1 is 1.03 bits per heavy atom. The van der Waals surface area contributed by atoms with Crippen molar-refractivity contribution in [3.05, 3.63) is 68.7 Å². The molecule has 2 fully saturated rings. The SMILES string of the molecule is CN(Cc1ccc(Cl)c(Cl)c1)C(=O)Cn1cnc2ccc(N3CCN(C(=O)C4CC(Cl)C4)CC3)cc2c1=O. The van der Waals surface area contributed by atoms with Crippen LogP contribution in [0.15, 0.2) is 47.5 Å². The van der Waals surface area contributed by atoms with Crippen molar-refractivity contribution in [3.63, 3.8) is 0 Å². The number of piperazine rings is 1. The van der Waals surface area contributed by atoms with Gasteiger partial charge in [0, 0.05) is 56.8 Å². The predicted octanol–water partition coefficient (Wildman–Crippen LogP) is 4.03. The van der Waals surface area contributed by atoms with E-state index in [0.29, 0.717) is 53.7 Å². The lowest BCUT2D eigenvalue weighted by molar-refractivity contribution is -0.138. The van der Waals surface area contributed by atoms with Crippen LogP contribution in [-0.2, 0) is 22.7 Å². The molecule has 2 heterocycles. The molecule has 0 atom stereocenters. The van der Waals surface area contributed by atoms with E-state index in [1.54, 1.807) is 19.2 Å². The van der Waals surface area contributed by atoms with Crippen LogP contribution in [-0.4, -0.2) is 69.8 Å². The first-order chi connectivity index (χ1) is 18.2. The van der Waals surface area contributed by atoms with Crippen molar-refractivity contribution in [2.45, 2.75) is 31.3 Å². The van der Waals surface area contributed by atoms with Crippen LogP contribution < -0.4 is 10.5 Å². The minimum atomic E-state index is -0.275. The lowest BCUT2D eigenvalue weighted by Gasteiger charge is -2.40. The van der Waals surface area contributed by atoms with Crippen LogP contribution in [0.1, 0.15) is 18.4 Å². The number of rotatable bonds is 6. The average Bonchev–Trinajstić information content (AvgIpc) is 2.90. The molecule has 0 radical (unpaired) electrons. The standard InChI is InChI=1S/C27H28Cl3N5O3/c1-32(14-17-2-4-22(29)23(30)10-17)25(36)15-35-16-31-24-5-3-20(13-21(24)27(35)38)33-6-8-34(9-7-33)26(37)18-11-19(28)12-18/h2-5,10,13,16,18-19H,6-9,11-12,14-15H2,1H3. The monoisotopic (exact) mass is 575 g/mol. The van der Waals surface area contributed by atoms with Gasteiger partial charge < -0.3 is 14.7 Å². The van der Waals surface area contributed by atoms with Crippen LogP contribution in [0.5, 0.6) is 0 Å². The molecule has 0 unspecified atom stereocenters. The van der Waals surface area contributed by atoms with E-state index in [9.17, 15) is 14.4 Å². The van der Waals surface area contributed by atoms with E-state index in [0.717, 1.165) is 24.1 Å². The Labute approximate surface area is 235 Å². The summed E-state index contributed by atoms with van der Waals surface area (Å²) in [6, 6.07) is 10.8. The zero-order chi connectivity index (χ0) is 27.0. The van der Waals surface area contributed by atoms with E-state index < -0.39 is 0 Å². The van der Waals surface area contributed by atoms with Gasteiger partial charge in [-0.05, 0) is 48.7 Å². The topological polar surface area (TPSA) is 78.8 Å². The number of nitrogens with zero attached hydrogens (tertiary/aromatic N) is 5. The van der Waals surface area contributed by atoms with Crippen LogP contribution in [0, 0.1) is 5.92 Å². The van der Waals surface area contributed by atoms with Crippen molar-refractivity contribution in [2.75, 3.05) is 38.1 Å². The highest BCUT2D eigenvalue weighted by Crippen LogP contribution is 2.33. The molecule has 1 aliphatic heterocycles. The van der Waals surface area contributed by atoms with Gasteiger partial charge in [-0.2, -0.15) is 0 Å². The van der Waals surface area contributed by atoms with Gasteiger partial charge in [-0.25, -0.2) is 4.98 Å². The van der Waals surface area contributed by atoms with Crippen molar-refractivity contribution in [1.82, 2.24) is 19.4 Å². The van der Waals surface area contributed by atoms with E-state index >= 15 is 0 Å². The first-order valence-corrected chi connectivity index (χ1v) is 13.7. The number of amides is 2. The quantitative estimate of drug-likeness (QED) is 0.414. The maximum atomic E-state index is 13.3. The number of hydrogen-bond donors (Lipinski definition) is 0. The molecule has 2 aromatic carbocycles. The number of carbonyl (C=O) groups excluding carboxylic acids is 2. The summed E-state index contributed by atoms with van der Waals surface area (Å²) in [5, 5.41) is 1.45. The Morgan fingerprint density at radius 3 is 2.45 bits per heavy atom. The number of halogens is 3. The van der Waals surface area contributed by atoms with Gasteiger partial charge in [-0.3, -0.25) is 19.0 Å². The average molecular weight is 577 g/mol. The molecule has 3 aromatic rings. The molecule has 200 valence electrons. The number of likely N-dealkylation sites (N-methyl/N-ethyl adjacent to an activating group) is 1. The number of alkyl halides is 1. The predicted molar refractivity (Wildman–Crippen MR) is 150 cm³/mol. The molecule has 2 amide bonds. The highest BCUT2D eigenvalue weighted by Gasteiger charge is 2.36. The largest absolute Gasteiger partial charge is 0.368 e. The van der Waals surface area contributed by atoms with E-state index in [4.69, 9.17) is 34.8 Å². The molecule has 0 N–H and O–H groups in total. The summed E-state index contributed by atoms with van der Waals surface area (Å²) in [5.74, 6) is 0.0177. The number of aromatic nitrogens is 2. The Kier molecular flexibility index (Phi) is 7.84. The first-order valence-electron chi connectivity index (χ1n) is 12.5. The maximum absolute atomic E-state index is 13.3. The van der Waals surface area contributed by atoms with E-state index in [2.05, 4.69) is 9.88 Å².